The van der Waals surface area contributed by atoms with Crippen LogP contribution >= 0.6 is 11.6 Å². The number of nitrogens with zero attached hydrogens (tertiary/aromatic N) is 1. The van der Waals surface area contributed by atoms with Crippen LogP contribution in [0.4, 0.5) is 0 Å². The molecule has 0 aliphatic heterocycles. The fraction of sp³-hybridized carbons (Fsp3) is 0.250. The lowest BCUT2D eigenvalue weighted by Crippen LogP contribution is -2.45. The van der Waals surface area contributed by atoms with Gasteiger partial charge in [0.2, 0.25) is 10.0 Å². The van der Waals surface area contributed by atoms with Crippen molar-refractivity contribution in [2.75, 3.05) is 20.8 Å². The summed E-state index contributed by atoms with van der Waals surface area (Å²) in [5.74, 6) is 0.930. The van der Waals surface area contributed by atoms with Crippen LogP contribution < -0.4 is 9.47 Å². The molecule has 0 fully saturated rings. The molecule has 0 heterocycles. The fourth-order valence-corrected chi connectivity index (χ4v) is 5.24. The summed E-state index contributed by atoms with van der Waals surface area (Å²) in [5.41, 5.74) is 1.07. The van der Waals surface area contributed by atoms with Crippen molar-refractivity contribution in [1.82, 2.24) is 4.31 Å². The Labute approximate surface area is 198 Å². The van der Waals surface area contributed by atoms with E-state index in [9.17, 15) is 18.6 Å². The summed E-state index contributed by atoms with van der Waals surface area (Å²) in [5, 5.41) is 21.6. The smallest absolute Gasteiger partial charge is 0.243 e. The molecule has 0 bridgehead atoms. The van der Waals surface area contributed by atoms with Crippen molar-refractivity contribution in [2.45, 2.75) is 23.6 Å². The monoisotopic (exact) mass is 491 g/mol. The quantitative estimate of drug-likeness (QED) is 0.449. The molecular formula is C24H26ClNO6S. The van der Waals surface area contributed by atoms with E-state index in [-0.39, 0.29) is 11.4 Å². The number of sulfonamides is 1. The highest BCUT2D eigenvalue weighted by Gasteiger charge is 2.36. The van der Waals surface area contributed by atoms with Crippen LogP contribution in [-0.4, -0.2) is 49.8 Å². The molecule has 33 heavy (non-hydrogen) atoms. The Morgan fingerprint density at radius 1 is 0.939 bits per heavy atom. The molecule has 3 aromatic carbocycles. The van der Waals surface area contributed by atoms with Crippen LogP contribution in [0.3, 0.4) is 0 Å². The zero-order chi connectivity index (χ0) is 24.0. The van der Waals surface area contributed by atoms with Crippen molar-refractivity contribution >= 4 is 21.6 Å². The third-order valence-corrected chi connectivity index (χ3v) is 7.41. The second kappa shape index (κ2) is 11.0. The zero-order valence-electron chi connectivity index (χ0n) is 18.3. The van der Waals surface area contributed by atoms with Crippen LogP contribution in [0.25, 0.3) is 0 Å². The third kappa shape index (κ3) is 5.66. The molecule has 0 saturated carbocycles. The molecule has 0 spiro atoms. The van der Waals surface area contributed by atoms with Gasteiger partial charge >= 0.3 is 0 Å². The van der Waals surface area contributed by atoms with Gasteiger partial charge in [-0.1, -0.05) is 48.0 Å². The van der Waals surface area contributed by atoms with Gasteiger partial charge in [0.1, 0.15) is 0 Å². The first-order chi connectivity index (χ1) is 15.8. The van der Waals surface area contributed by atoms with Crippen LogP contribution in [0, 0.1) is 0 Å². The number of benzene rings is 3. The predicted molar refractivity (Wildman–Crippen MR) is 126 cm³/mol. The van der Waals surface area contributed by atoms with E-state index in [1.54, 1.807) is 48.5 Å². The van der Waals surface area contributed by atoms with Gasteiger partial charge < -0.3 is 19.7 Å². The van der Waals surface area contributed by atoms with E-state index in [0.717, 1.165) is 4.31 Å². The van der Waals surface area contributed by atoms with E-state index >= 15 is 0 Å². The number of aliphatic hydroxyl groups excluding tert-OH is 2. The Morgan fingerprint density at radius 2 is 1.58 bits per heavy atom. The minimum Gasteiger partial charge on any atom is -0.493 e. The summed E-state index contributed by atoms with van der Waals surface area (Å²) in [6.45, 7) is -0.726. The summed E-state index contributed by atoms with van der Waals surface area (Å²) in [4.78, 5) is -0.00825. The van der Waals surface area contributed by atoms with Gasteiger partial charge in [0.05, 0.1) is 37.9 Å². The molecule has 3 rings (SSSR count). The molecule has 176 valence electrons. The number of rotatable bonds is 10. The average Bonchev–Trinajstić information content (AvgIpc) is 2.84. The Hall–Kier alpha value is -2.62. The van der Waals surface area contributed by atoms with E-state index in [1.807, 2.05) is 0 Å². The standard InChI is InChI=1S/C24H26ClNO6S/c1-31-22-13-8-17(14-23(22)32-2)15-26(33(29,30)20-11-9-19(25)10-12-20)21(16-27)24(28)18-6-4-3-5-7-18/h3-14,21,24,27-28H,15-16H2,1-2H3/t21-,24-/m1/s1. The minimum atomic E-state index is -4.13. The van der Waals surface area contributed by atoms with Crippen LogP contribution in [0.2, 0.25) is 5.02 Å². The number of aliphatic hydroxyl groups is 2. The highest BCUT2D eigenvalue weighted by Crippen LogP contribution is 2.32. The Bertz CT molecular complexity index is 1160. The molecule has 0 saturated heterocycles. The molecule has 7 nitrogen and oxygen atoms in total. The van der Waals surface area contributed by atoms with Gasteiger partial charge in [0.15, 0.2) is 11.5 Å². The molecule has 9 heteroatoms. The number of hydrogen-bond donors (Lipinski definition) is 2. The maximum absolute atomic E-state index is 13.7. The van der Waals surface area contributed by atoms with Gasteiger partial charge in [-0.15, -0.1) is 0 Å². The molecule has 2 atom stereocenters. The number of hydrogen-bond acceptors (Lipinski definition) is 6. The van der Waals surface area contributed by atoms with E-state index in [0.29, 0.717) is 27.6 Å². The van der Waals surface area contributed by atoms with Gasteiger partial charge in [0, 0.05) is 11.6 Å². The SMILES string of the molecule is COc1ccc(CN([C@H](CO)[C@H](O)c2ccccc2)S(=O)(=O)c2ccc(Cl)cc2)cc1OC. The summed E-state index contributed by atoms with van der Waals surface area (Å²) in [6.07, 6.45) is -1.27. The second-order valence-corrected chi connectivity index (χ2v) is 9.63. The first kappa shape index (κ1) is 25.0. The van der Waals surface area contributed by atoms with Crippen molar-refractivity contribution in [3.8, 4) is 11.5 Å². The maximum Gasteiger partial charge on any atom is 0.243 e. The van der Waals surface area contributed by atoms with Gasteiger partial charge in [-0.3, -0.25) is 0 Å². The molecule has 3 aromatic rings. The lowest BCUT2D eigenvalue weighted by molar-refractivity contribution is 0.0492. The van der Waals surface area contributed by atoms with Crippen molar-refractivity contribution < 1.29 is 28.1 Å². The van der Waals surface area contributed by atoms with E-state index < -0.39 is 28.8 Å². The summed E-state index contributed by atoms with van der Waals surface area (Å²) < 4.78 is 39.0. The topological polar surface area (TPSA) is 96.3 Å². The van der Waals surface area contributed by atoms with Gasteiger partial charge in [-0.2, -0.15) is 4.31 Å². The highest BCUT2D eigenvalue weighted by molar-refractivity contribution is 7.89. The number of ether oxygens (including phenoxy) is 2. The highest BCUT2D eigenvalue weighted by atomic mass is 35.5. The van der Waals surface area contributed by atoms with Crippen LogP contribution in [0.5, 0.6) is 11.5 Å². The number of halogens is 1. The lowest BCUT2D eigenvalue weighted by atomic mass is 10.0. The summed E-state index contributed by atoms with van der Waals surface area (Å²) >= 11 is 5.94. The first-order valence-corrected chi connectivity index (χ1v) is 12.0. The number of methoxy groups -OCH3 is 2. The first-order valence-electron chi connectivity index (χ1n) is 10.1. The third-order valence-electron chi connectivity index (χ3n) is 5.27. The van der Waals surface area contributed by atoms with Crippen LogP contribution in [0.1, 0.15) is 17.2 Å². The molecule has 0 amide bonds. The van der Waals surface area contributed by atoms with Crippen molar-refractivity contribution in [3.05, 3.63) is 88.9 Å². The van der Waals surface area contributed by atoms with Crippen LogP contribution in [-0.2, 0) is 16.6 Å². The summed E-state index contributed by atoms with van der Waals surface area (Å²) in [7, 11) is -1.14. The van der Waals surface area contributed by atoms with Gasteiger partial charge in [0.25, 0.3) is 0 Å². The van der Waals surface area contributed by atoms with Crippen LogP contribution in [0.15, 0.2) is 77.7 Å². The molecule has 0 aliphatic rings. The van der Waals surface area contributed by atoms with E-state index in [1.165, 1.54) is 38.5 Å². The molecule has 0 aliphatic carbocycles. The summed E-state index contributed by atoms with van der Waals surface area (Å²) in [6, 6.07) is 18.2. The Balaban J connectivity index is 2.08. The molecule has 2 N–H and O–H groups in total. The van der Waals surface area contributed by atoms with Gasteiger partial charge in [-0.05, 0) is 47.5 Å². The second-order valence-electron chi connectivity index (χ2n) is 7.30. The molecule has 0 unspecified atom stereocenters. The Morgan fingerprint density at radius 3 is 2.15 bits per heavy atom. The molecule has 0 radical (unpaired) electrons. The zero-order valence-corrected chi connectivity index (χ0v) is 19.8. The predicted octanol–water partition coefficient (Wildman–Crippen LogP) is 3.64. The average molecular weight is 492 g/mol. The largest absolute Gasteiger partial charge is 0.493 e. The lowest BCUT2D eigenvalue weighted by Gasteiger charge is -2.33. The van der Waals surface area contributed by atoms with Crippen molar-refractivity contribution in [1.29, 1.82) is 0 Å². The van der Waals surface area contributed by atoms with E-state index in [2.05, 4.69) is 0 Å². The fourth-order valence-electron chi connectivity index (χ4n) is 3.50. The molecular weight excluding hydrogens is 466 g/mol. The Kier molecular flexibility index (Phi) is 8.34. The maximum atomic E-state index is 13.7. The van der Waals surface area contributed by atoms with Crippen molar-refractivity contribution in [3.63, 3.8) is 0 Å². The van der Waals surface area contributed by atoms with Crippen molar-refractivity contribution in [2.24, 2.45) is 0 Å². The normalized spacial score (nSPS) is 13.5. The molecule has 0 aromatic heterocycles. The van der Waals surface area contributed by atoms with E-state index in [4.69, 9.17) is 21.1 Å². The minimum absolute atomic E-state index is 0.00825. The van der Waals surface area contributed by atoms with Gasteiger partial charge in [-0.25, -0.2) is 8.42 Å².